The Hall–Kier alpha value is -3.24. The molecule has 2 aromatic rings. The van der Waals surface area contributed by atoms with Crippen LogP contribution in [0.2, 0.25) is 0 Å². The van der Waals surface area contributed by atoms with Crippen LogP contribution in [0.1, 0.15) is 11.1 Å². The molecule has 29 heavy (non-hydrogen) atoms. The molecule has 0 saturated carbocycles. The molecule has 1 atom stereocenters. The third-order valence-corrected chi connectivity index (χ3v) is 5.93. The summed E-state index contributed by atoms with van der Waals surface area (Å²) in [6.07, 6.45) is 0.478. The Balaban J connectivity index is 2.03. The second kappa shape index (κ2) is 8.84. The largest absolute Gasteiger partial charge is 0.497 e. The molecule has 0 unspecified atom stereocenters. The topological polar surface area (TPSA) is 82.4 Å². The number of rotatable bonds is 5. The number of methoxy groups -OCH3 is 1. The molecule has 6 nitrogen and oxygen atoms in total. The summed E-state index contributed by atoms with van der Waals surface area (Å²) in [7, 11) is 3.07. The predicted octanol–water partition coefficient (Wildman–Crippen LogP) is 3.18. The number of amides is 2. The molecule has 1 saturated heterocycles. The SMILES string of the molecule is CNC(=O)/C(C#N)=C1/S[C@@H](Cc2ccc(OC)cc2)C(=O)N1c1ccccc1C. The number of nitrogens with zero attached hydrogens (tertiary/aromatic N) is 2. The van der Waals surface area contributed by atoms with E-state index in [1.165, 1.54) is 23.7 Å². The summed E-state index contributed by atoms with van der Waals surface area (Å²) < 4.78 is 5.18. The van der Waals surface area contributed by atoms with Gasteiger partial charge in [0.05, 0.1) is 18.0 Å². The highest BCUT2D eigenvalue weighted by atomic mass is 32.2. The summed E-state index contributed by atoms with van der Waals surface area (Å²) in [6.45, 7) is 1.90. The molecule has 7 heteroatoms. The maximum absolute atomic E-state index is 13.3. The van der Waals surface area contributed by atoms with E-state index in [4.69, 9.17) is 4.74 Å². The minimum absolute atomic E-state index is 0.0636. The standard InChI is InChI=1S/C22H21N3O3S/c1-14-6-4-5-7-18(14)25-21(27)19(12-15-8-10-16(28-3)11-9-15)29-22(25)17(13-23)20(26)24-2/h4-11,19H,12H2,1-3H3,(H,24,26)/b22-17+/t19-/m0/s1. The number of hydrogen-bond acceptors (Lipinski definition) is 5. The van der Waals surface area contributed by atoms with Crippen molar-refractivity contribution >= 4 is 29.3 Å². The second-order valence-electron chi connectivity index (χ2n) is 6.49. The van der Waals surface area contributed by atoms with Gasteiger partial charge in [-0.15, -0.1) is 0 Å². The summed E-state index contributed by atoms with van der Waals surface area (Å²) in [5.41, 5.74) is 2.47. The van der Waals surface area contributed by atoms with Crippen LogP contribution in [-0.2, 0) is 16.0 Å². The molecule has 1 heterocycles. The fraction of sp³-hybridized carbons (Fsp3) is 0.227. The zero-order chi connectivity index (χ0) is 21.0. The van der Waals surface area contributed by atoms with Crippen LogP contribution in [0.25, 0.3) is 0 Å². The monoisotopic (exact) mass is 407 g/mol. The Labute approximate surface area is 174 Å². The van der Waals surface area contributed by atoms with E-state index < -0.39 is 11.2 Å². The summed E-state index contributed by atoms with van der Waals surface area (Å²) in [5.74, 6) is 0.0888. The van der Waals surface area contributed by atoms with Gasteiger partial charge in [-0.25, -0.2) is 0 Å². The van der Waals surface area contributed by atoms with Crippen molar-refractivity contribution in [1.29, 1.82) is 5.26 Å². The molecule has 1 fully saturated rings. The normalized spacial score (nSPS) is 17.7. The van der Waals surface area contributed by atoms with Gasteiger partial charge in [-0.2, -0.15) is 5.26 Å². The average Bonchev–Trinajstić information content (AvgIpc) is 3.05. The molecule has 2 amide bonds. The second-order valence-corrected chi connectivity index (χ2v) is 7.68. The number of carbonyl (C=O) groups excluding carboxylic acids is 2. The number of thioether (sulfide) groups is 1. The van der Waals surface area contributed by atoms with Gasteiger partial charge in [0.15, 0.2) is 0 Å². The van der Waals surface area contributed by atoms with E-state index in [1.54, 1.807) is 7.11 Å². The van der Waals surface area contributed by atoms with Gasteiger partial charge in [-0.3, -0.25) is 14.5 Å². The van der Waals surface area contributed by atoms with Gasteiger partial charge >= 0.3 is 0 Å². The Kier molecular flexibility index (Phi) is 6.25. The molecule has 0 aromatic heterocycles. The first-order valence-electron chi connectivity index (χ1n) is 9.05. The number of likely N-dealkylation sites (N-methyl/N-ethyl adjacent to an activating group) is 1. The van der Waals surface area contributed by atoms with Crippen molar-refractivity contribution in [2.75, 3.05) is 19.1 Å². The average molecular weight is 407 g/mol. The number of nitrogens with one attached hydrogen (secondary N) is 1. The summed E-state index contributed by atoms with van der Waals surface area (Å²) in [5, 5.41) is 12.0. The fourth-order valence-electron chi connectivity index (χ4n) is 3.12. The van der Waals surface area contributed by atoms with E-state index in [-0.39, 0.29) is 11.5 Å². The Morgan fingerprint density at radius 1 is 1.24 bits per heavy atom. The quantitative estimate of drug-likeness (QED) is 0.608. The highest BCUT2D eigenvalue weighted by Gasteiger charge is 2.41. The lowest BCUT2D eigenvalue weighted by Gasteiger charge is -2.20. The molecule has 1 N–H and O–H groups in total. The lowest BCUT2D eigenvalue weighted by molar-refractivity contribution is -0.117. The van der Waals surface area contributed by atoms with Gasteiger partial charge < -0.3 is 10.1 Å². The maximum Gasteiger partial charge on any atom is 0.264 e. The zero-order valence-electron chi connectivity index (χ0n) is 16.4. The highest BCUT2D eigenvalue weighted by molar-refractivity contribution is 8.05. The number of carbonyl (C=O) groups is 2. The van der Waals surface area contributed by atoms with Crippen LogP contribution < -0.4 is 15.0 Å². The van der Waals surface area contributed by atoms with Crippen LogP contribution in [0.3, 0.4) is 0 Å². The minimum atomic E-state index is -0.508. The van der Waals surface area contributed by atoms with Crippen LogP contribution in [0.4, 0.5) is 5.69 Å². The maximum atomic E-state index is 13.3. The molecule has 2 aromatic carbocycles. The zero-order valence-corrected chi connectivity index (χ0v) is 17.2. The van der Waals surface area contributed by atoms with Crippen molar-refractivity contribution < 1.29 is 14.3 Å². The fourth-order valence-corrected chi connectivity index (χ4v) is 4.42. The van der Waals surface area contributed by atoms with Crippen molar-refractivity contribution in [3.8, 4) is 11.8 Å². The first-order valence-corrected chi connectivity index (χ1v) is 9.93. The Morgan fingerprint density at radius 3 is 2.52 bits per heavy atom. The first kappa shape index (κ1) is 20.5. The van der Waals surface area contributed by atoms with Gasteiger partial charge in [0.2, 0.25) is 5.91 Å². The number of ether oxygens (including phenoxy) is 1. The van der Waals surface area contributed by atoms with Gasteiger partial charge in [0.1, 0.15) is 22.4 Å². The molecule has 1 aliphatic heterocycles. The summed E-state index contributed by atoms with van der Waals surface area (Å²) in [4.78, 5) is 27.1. The molecule has 0 aliphatic carbocycles. The third-order valence-electron chi connectivity index (χ3n) is 4.67. The summed E-state index contributed by atoms with van der Waals surface area (Å²) >= 11 is 1.25. The number of para-hydroxylation sites is 1. The van der Waals surface area contributed by atoms with Crippen LogP contribution in [0.5, 0.6) is 5.75 Å². The van der Waals surface area contributed by atoms with E-state index >= 15 is 0 Å². The van der Waals surface area contributed by atoms with Crippen LogP contribution in [0, 0.1) is 18.3 Å². The van der Waals surface area contributed by atoms with Crippen molar-refractivity contribution in [2.45, 2.75) is 18.6 Å². The number of aryl methyl sites for hydroxylation is 1. The Bertz CT molecular complexity index is 1010. The van der Waals surface area contributed by atoms with Gasteiger partial charge in [0.25, 0.3) is 5.91 Å². The molecule has 0 spiro atoms. The molecule has 0 radical (unpaired) electrons. The number of hydrogen-bond donors (Lipinski definition) is 1. The third kappa shape index (κ3) is 4.13. The highest BCUT2D eigenvalue weighted by Crippen LogP contribution is 2.42. The van der Waals surface area contributed by atoms with Crippen molar-refractivity contribution in [1.82, 2.24) is 5.32 Å². The molecular weight excluding hydrogens is 386 g/mol. The molecule has 3 rings (SSSR count). The van der Waals surface area contributed by atoms with Gasteiger partial charge in [0, 0.05) is 7.05 Å². The van der Waals surface area contributed by atoms with E-state index in [0.717, 1.165) is 16.9 Å². The van der Waals surface area contributed by atoms with E-state index in [2.05, 4.69) is 5.32 Å². The van der Waals surface area contributed by atoms with Gasteiger partial charge in [-0.1, -0.05) is 42.1 Å². The molecule has 0 bridgehead atoms. The van der Waals surface area contributed by atoms with Crippen molar-refractivity contribution in [3.05, 3.63) is 70.3 Å². The first-order chi connectivity index (χ1) is 14.0. The molecule has 1 aliphatic rings. The molecule has 148 valence electrons. The summed E-state index contributed by atoms with van der Waals surface area (Å²) in [6, 6.07) is 16.9. The van der Waals surface area contributed by atoms with Crippen LogP contribution in [-0.4, -0.2) is 31.2 Å². The number of anilines is 1. The lowest BCUT2D eigenvalue weighted by Crippen LogP contribution is -2.31. The number of nitriles is 1. The van der Waals surface area contributed by atoms with Gasteiger partial charge in [-0.05, 0) is 42.7 Å². The van der Waals surface area contributed by atoms with Crippen LogP contribution >= 0.6 is 11.8 Å². The predicted molar refractivity (Wildman–Crippen MR) is 113 cm³/mol. The van der Waals surface area contributed by atoms with Crippen molar-refractivity contribution in [3.63, 3.8) is 0 Å². The molecular formula is C22H21N3O3S. The van der Waals surface area contributed by atoms with E-state index in [0.29, 0.717) is 17.1 Å². The van der Waals surface area contributed by atoms with Crippen molar-refractivity contribution in [2.24, 2.45) is 0 Å². The van der Waals surface area contributed by atoms with Crippen LogP contribution in [0.15, 0.2) is 59.1 Å². The lowest BCUT2D eigenvalue weighted by atomic mass is 10.1. The minimum Gasteiger partial charge on any atom is -0.497 e. The van der Waals surface area contributed by atoms with E-state index in [9.17, 15) is 14.9 Å². The smallest absolute Gasteiger partial charge is 0.264 e. The Morgan fingerprint density at radius 2 is 1.93 bits per heavy atom. The number of benzene rings is 2. The van der Waals surface area contributed by atoms with E-state index in [1.807, 2.05) is 61.5 Å².